The van der Waals surface area contributed by atoms with Crippen molar-refractivity contribution in [1.82, 2.24) is 10.2 Å². The Bertz CT molecular complexity index is 335. The highest BCUT2D eigenvalue weighted by atomic mass is 16.5. The van der Waals surface area contributed by atoms with Gasteiger partial charge in [-0.15, -0.1) is 0 Å². The van der Waals surface area contributed by atoms with E-state index in [0.717, 1.165) is 45.7 Å². The Morgan fingerprint density at radius 2 is 2.15 bits per heavy atom. The second kappa shape index (κ2) is 7.79. The van der Waals surface area contributed by atoms with Gasteiger partial charge < -0.3 is 10.1 Å². The molecule has 0 spiro atoms. The molecule has 0 aromatic carbocycles. The lowest BCUT2D eigenvalue weighted by Crippen LogP contribution is -2.51. The van der Waals surface area contributed by atoms with E-state index in [1.165, 1.54) is 0 Å². The first-order valence-corrected chi connectivity index (χ1v) is 7.92. The van der Waals surface area contributed by atoms with E-state index in [2.05, 4.69) is 36.2 Å². The van der Waals surface area contributed by atoms with Crippen molar-refractivity contribution in [3.8, 4) is 0 Å². The Morgan fingerprint density at radius 3 is 2.75 bits per heavy atom. The molecular formula is C16H28N2O2. The third-order valence-corrected chi connectivity index (χ3v) is 4.35. The molecule has 1 amide bonds. The number of nitrogens with zero attached hydrogens (tertiary/aromatic N) is 1. The van der Waals surface area contributed by atoms with Gasteiger partial charge in [0.1, 0.15) is 0 Å². The van der Waals surface area contributed by atoms with Gasteiger partial charge in [0.05, 0.1) is 13.2 Å². The Kier molecular flexibility index (Phi) is 6.05. The Balaban J connectivity index is 1.76. The molecule has 4 heteroatoms. The minimum absolute atomic E-state index is 0.195. The molecule has 0 aromatic rings. The molecular weight excluding hydrogens is 252 g/mol. The Morgan fingerprint density at radius 1 is 1.40 bits per heavy atom. The van der Waals surface area contributed by atoms with Gasteiger partial charge in [-0.1, -0.05) is 26.0 Å². The van der Waals surface area contributed by atoms with Crippen molar-refractivity contribution in [2.45, 2.75) is 39.2 Å². The second-order valence-electron chi connectivity index (χ2n) is 6.23. The van der Waals surface area contributed by atoms with E-state index in [9.17, 15) is 4.79 Å². The zero-order chi connectivity index (χ0) is 14.4. The topological polar surface area (TPSA) is 41.6 Å². The number of allylic oxidation sites excluding steroid dienone is 2. The summed E-state index contributed by atoms with van der Waals surface area (Å²) in [5, 5.41) is 3.13. The highest BCUT2D eigenvalue weighted by Crippen LogP contribution is 2.20. The summed E-state index contributed by atoms with van der Waals surface area (Å²) >= 11 is 0. The minimum atomic E-state index is 0.195. The van der Waals surface area contributed by atoms with Gasteiger partial charge in [-0.25, -0.2) is 0 Å². The largest absolute Gasteiger partial charge is 0.379 e. The molecule has 1 saturated heterocycles. The van der Waals surface area contributed by atoms with Crippen LogP contribution in [0.2, 0.25) is 0 Å². The number of ether oxygens (including phenoxy) is 1. The lowest BCUT2D eigenvalue weighted by Gasteiger charge is -2.37. The predicted molar refractivity (Wildman–Crippen MR) is 80.5 cm³/mol. The highest BCUT2D eigenvalue weighted by molar-refractivity contribution is 5.76. The molecule has 2 rings (SSSR count). The average molecular weight is 280 g/mol. The summed E-state index contributed by atoms with van der Waals surface area (Å²) in [6.45, 7) is 8.78. The number of carbonyl (C=O) groups is 1. The van der Waals surface area contributed by atoms with Gasteiger partial charge >= 0.3 is 0 Å². The van der Waals surface area contributed by atoms with Crippen LogP contribution in [0.3, 0.4) is 0 Å². The van der Waals surface area contributed by atoms with Gasteiger partial charge in [0.2, 0.25) is 5.91 Å². The number of amides is 1. The van der Waals surface area contributed by atoms with Crippen molar-refractivity contribution in [2.75, 3.05) is 32.8 Å². The van der Waals surface area contributed by atoms with Crippen LogP contribution >= 0.6 is 0 Å². The summed E-state index contributed by atoms with van der Waals surface area (Å²) in [4.78, 5) is 14.5. The van der Waals surface area contributed by atoms with Gasteiger partial charge in [0.15, 0.2) is 0 Å². The van der Waals surface area contributed by atoms with Crippen LogP contribution < -0.4 is 5.32 Å². The van der Waals surface area contributed by atoms with Crippen molar-refractivity contribution < 1.29 is 9.53 Å². The molecule has 2 atom stereocenters. The Hall–Kier alpha value is -0.870. The summed E-state index contributed by atoms with van der Waals surface area (Å²) in [5.41, 5.74) is 0. The van der Waals surface area contributed by atoms with Crippen molar-refractivity contribution in [3.05, 3.63) is 12.2 Å². The van der Waals surface area contributed by atoms with E-state index in [1.807, 2.05) is 0 Å². The van der Waals surface area contributed by atoms with Crippen LogP contribution in [-0.4, -0.2) is 49.7 Å². The molecule has 0 saturated carbocycles. The molecule has 0 aromatic heterocycles. The normalized spacial score (nSPS) is 25.1. The molecule has 1 aliphatic carbocycles. The highest BCUT2D eigenvalue weighted by Gasteiger charge is 2.24. The zero-order valence-electron chi connectivity index (χ0n) is 12.8. The van der Waals surface area contributed by atoms with E-state index in [4.69, 9.17) is 4.74 Å². The molecule has 1 heterocycles. The van der Waals surface area contributed by atoms with Crippen LogP contribution in [0.1, 0.15) is 33.1 Å². The van der Waals surface area contributed by atoms with Gasteiger partial charge in [-0.05, 0) is 24.7 Å². The quantitative estimate of drug-likeness (QED) is 0.755. The summed E-state index contributed by atoms with van der Waals surface area (Å²) < 4.78 is 5.41. The number of hydrogen-bond donors (Lipinski definition) is 1. The van der Waals surface area contributed by atoms with Crippen LogP contribution in [0.4, 0.5) is 0 Å². The number of morpholine rings is 1. The molecule has 1 fully saturated rings. The third-order valence-electron chi connectivity index (χ3n) is 4.35. The lowest BCUT2D eigenvalue weighted by molar-refractivity contribution is -0.122. The third kappa shape index (κ3) is 4.60. The molecule has 1 N–H and O–H groups in total. The maximum absolute atomic E-state index is 12.0. The first kappa shape index (κ1) is 15.5. The smallest absolute Gasteiger partial charge is 0.220 e. The van der Waals surface area contributed by atoms with Crippen molar-refractivity contribution in [1.29, 1.82) is 0 Å². The monoisotopic (exact) mass is 280 g/mol. The minimum Gasteiger partial charge on any atom is -0.379 e. The van der Waals surface area contributed by atoms with Gasteiger partial charge in [-0.3, -0.25) is 9.69 Å². The fourth-order valence-corrected chi connectivity index (χ4v) is 3.09. The molecule has 2 unspecified atom stereocenters. The van der Waals surface area contributed by atoms with E-state index in [-0.39, 0.29) is 5.91 Å². The van der Waals surface area contributed by atoms with Gasteiger partial charge in [-0.2, -0.15) is 0 Å². The Labute approximate surface area is 122 Å². The van der Waals surface area contributed by atoms with Gasteiger partial charge in [0.25, 0.3) is 0 Å². The van der Waals surface area contributed by atoms with E-state index in [1.54, 1.807) is 0 Å². The molecule has 1 aliphatic heterocycles. The van der Waals surface area contributed by atoms with Crippen LogP contribution in [-0.2, 0) is 9.53 Å². The van der Waals surface area contributed by atoms with Crippen LogP contribution in [0.5, 0.6) is 0 Å². The second-order valence-corrected chi connectivity index (χ2v) is 6.23. The van der Waals surface area contributed by atoms with Crippen LogP contribution in [0.15, 0.2) is 12.2 Å². The fraction of sp³-hybridized carbons (Fsp3) is 0.812. The number of hydrogen-bond acceptors (Lipinski definition) is 3. The number of carbonyl (C=O) groups excluding carboxylic acids is 1. The van der Waals surface area contributed by atoms with Gasteiger partial charge in [0, 0.05) is 32.1 Å². The summed E-state index contributed by atoms with van der Waals surface area (Å²) in [6, 6.07) is 0.418. The SMILES string of the molecule is CC(C)C(CNC(=O)CC1C=CCC1)N1CCOCC1. The number of rotatable bonds is 6. The first-order valence-electron chi connectivity index (χ1n) is 7.92. The van der Waals surface area contributed by atoms with Crippen molar-refractivity contribution >= 4 is 5.91 Å². The van der Waals surface area contributed by atoms with Crippen molar-refractivity contribution in [3.63, 3.8) is 0 Å². The predicted octanol–water partition coefficient (Wildman–Crippen LogP) is 1.82. The molecule has 4 nitrogen and oxygen atoms in total. The van der Waals surface area contributed by atoms with E-state index < -0.39 is 0 Å². The number of nitrogens with one attached hydrogen (secondary N) is 1. The summed E-state index contributed by atoms with van der Waals surface area (Å²) in [5.74, 6) is 1.19. The molecule has 2 aliphatic rings. The van der Waals surface area contributed by atoms with E-state index >= 15 is 0 Å². The van der Waals surface area contributed by atoms with E-state index in [0.29, 0.717) is 24.3 Å². The standard InChI is InChI=1S/C16H28N2O2/c1-13(2)15(18-7-9-20-10-8-18)12-17-16(19)11-14-5-3-4-6-14/h3,5,13-15H,4,6-12H2,1-2H3,(H,17,19). The zero-order valence-corrected chi connectivity index (χ0v) is 12.8. The molecule has 20 heavy (non-hydrogen) atoms. The molecule has 0 bridgehead atoms. The van der Waals surface area contributed by atoms with Crippen LogP contribution in [0.25, 0.3) is 0 Å². The fourth-order valence-electron chi connectivity index (χ4n) is 3.09. The molecule has 0 radical (unpaired) electrons. The summed E-state index contributed by atoms with van der Waals surface area (Å²) in [7, 11) is 0. The van der Waals surface area contributed by atoms with Crippen molar-refractivity contribution in [2.24, 2.45) is 11.8 Å². The lowest BCUT2D eigenvalue weighted by atomic mass is 10.0. The average Bonchev–Trinajstić information content (AvgIpc) is 2.92. The maximum atomic E-state index is 12.0. The van der Waals surface area contributed by atoms with Crippen LogP contribution in [0, 0.1) is 11.8 Å². The molecule has 114 valence electrons. The summed E-state index contributed by atoms with van der Waals surface area (Å²) in [6.07, 6.45) is 7.26. The first-order chi connectivity index (χ1) is 9.66. The maximum Gasteiger partial charge on any atom is 0.220 e.